The van der Waals surface area contributed by atoms with Crippen molar-refractivity contribution >= 4 is 33.7 Å². The van der Waals surface area contributed by atoms with Crippen molar-refractivity contribution in [2.75, 3.05) is 18.2 Å². The van der Waals surface area contributed by atoms with Crippen LogP contribution in [0.2, 0.25) is 0 Å². The zero-order valence-electron chi connectivity index (χ0n) is 25.6. The first kappa shape index (κ1) is 30.6. The van der Waals surface area contributed by atoms with Crippen LogP contribution in [0.4, 0.5) is 11.4 Å². The number of amidine groups is 1. The first-order valence-corrected chi connectivity index (χ1v) is 16.3. The van der Waals surface area contributed by atoms with Gasteiger partial charge in [0.05, 0.1) is 46.7 Å². The third kappa shape index (κ3) is 6.70. The number of benzene rings is 2. The van der Waals surface area contributed by atoms with E-state index in [0.717, 1.165) is 70.5 Å². The summed E-state index contributed by atoms with van der Waals surface area (Å²) in [6.07, 6.45) is 8.13. The summed E-state index contributed by atoms with van der Waals surface area (Å²) in [5.41, 5.74) is 15.2. The smallest absolute Gasteiger partial charge is 0.135 e. The molecular formula is C33H42N6O3S. The molecule has 2 aromatic carbocycles. The van der Waals surface area contributed by atoms with E-state index in [1.54, 1.807) is 31.5 Å². The second kappa shape index (κ2) is 13.2. The molecule has 1 saturated carbocycles. The largest absolute Gasteiger partial charge is 0.508 e. The second-order valence-corrected chi connectivity index (χ2v) is 12.6. The number of nitrogens with one attached hydrogen (secondary N) is 2. The van der Waals surface area contributed by atoms with Crippen LogP contribution in [0.25, 0.3) is 16.6 Å². The van der Waals surface area contributed by atoms with Crippen LogP contribution in [0.5, 0.6) is 11.5 Å². The lowest BCUT2D eigenvalue weighted by atomic mass is 9.97. The molecular weight excluding hydrogens is 560 g/mol. The van der Waals surface area contributed by atoms with Crippen molar-refractivity contribution in [2.24, 2.45) is 10.7 Å². The average Bonchev–Trinajstić information content (AvgIpc) is 3.60. The third-order valence-corrected chi connectivity index (χ3v) is 9.47. The monoisotopic (exact) mass is 602 g/mol. The summed E-state index contributed by atoms with van der Waals surface area (Å²) in [7, 11) is 0.667. The molecule has 2 aromatic heterocycles. The Morgan fingerprint density at radius 1 is 1.16 bits per heavy atom. The molecule has 2 heterocycles. The summed E-state index contributed by atoms with van der Waals surface area (Å²) in [5.74, 6) is 2.03. The predicted molar refractivity (Wildman–Crippen MR) is 176 cm³/mol. The van der Waals surface area contributed by atoms with Gasteiger partial charge in [-0.05, 0) is 105 Å². The van der Waals surface area contributed by atoms with Crippen molar-refractivity contribution in [3.8, 4) is 22.6 Å². The van der Waals surface area contributed by atoms with Gasteiger partial charge in [0.15, 0.2) is 0 Å². The Balaban J connectivity index is 1.57. The Morgan fingerprint density at radius 3 is 2.60 bits per heavy atom. The van der Waals surface area contributed by atoms with E-state index < -0.39 is 11.0 Å². The highest BCUT2D eigenvalue weighted by Gasteiger charge is 2.28. The van der Waals surface area contributed by atoms with Gasteiger partial charge >= 0.3 is 0 Å². The lowest BCUT2D eigenvalue weighted by Gasteiger charge is -2.19. The number of anilines is 1. The van der Waals surface area contributed by atoms with Crippen LogP contribution in [0.1, 0.15) is 61.8 Å². The number of nitrogens with zero attached hydrogens (tertiary/aromatic N) is 3. The number of nitrogens with two attached hydrogens (primary N) is 1. The molecule has 5 N–H and O–H groups in total. The fourth-order valence-corrected chi connectivity index (χ4v) is 7.12. The number of ether oxygens (including phenoxy) is 1. The van der Waals surface area contributed by atoms with Crippen LogP contribution in [-0.2, 0) is 17.4 Å². The number of fused-ring (bicyclic) bond motifs is 1. The fourth-order valence-electron chi connectivity index (χ4n) is 6.04. The standard InChI is InChI=1S/C33H42N6O3S/c1-6-12-43(41)38-25-9-8-24(17-25)36-32-28(33(34)37-29-11-10-26(40)15-22(29)7-2)18-35-39-19-23(16-30(32)39)31-20(3)13-27(42-5)14-21(31)4/h10-11,13-16,18-19,24-25,36,38,40H,6-9,12,17H2,1-5H3,(H2,34,37). The molecule has 228 valence electrons. The SMILES string of the molecule is CCCS(=O)NC1CCC(Nc2c(C(N)=Nc3ccc(O)cc3CC)cnn3cc(-c4c(C)cc(OC)cc4C)cc23)C1. The summed E-state index contributed by atoms with van der Waals surface area (Å²) in [6, 6.07) is 11.7. The van der Waals surface area contributed by atoms with E-state index in [1.165, 1.54) is 0 Å². The van der Waals surface area contributed by atoms with Crippen molar-refractivity contribution in [1.82, 2.24) is 14.3 Å². The number of phenols is 1. The highest BCUT2D eigenvalue weighted by Crippen LogP contribution is 2.36. The van der Waals surface area contributed by atoms with Gasteiger partial charge in [-0.3, -0.25) is 0 Å². The quantitative estimate of drug-likeness (QED) is 0.125. The Kier molecular flexibility index (Phi) is 9.37. The predicted octanol–water partition coefficient (Wildman–Crippen LogP) is 5.93. The third-order valence-electron chi connectivity index (χ3n) is 8.10. The number of hydrogen-bond acceptors (Lipinski definition) is 6. The van der Waals surface area contributed by atoms with Crippen LogP contribution in [0, 0.1) is 13.8 Å². The van der Waals surface area contributed by atoms with E-state index in [2.05, 4.69) is 30.0 Å². The molecule has 1 aliphatic carbocycles. The molecule has 3 unspecified atom stereocenters. The topological polar surface area (TPSA) is 126 Å². The molecule has 0 bridgehead atoms. The van der Waals surface area contributed by atoms with Crippen molar-refractivity contribution < 1.29 is 14.1 Å². The molecule has 43 heavy (non-hydrogen) atoms. The summed E-state index contributed by atoms with van der Waals surface area (Å²) in [5, 5.41) is 18.5. The van der Waals surface area contributed by atoms with Crippen molar-refractivity contribution in [2.45, 2.75) is 71.9 Å². The molecule has 0 radical (unpaired) electrons. The van der Waals surface area contributed by atoms with Gasteiger partial charge in [0.25, 0.3) is 0 Å². The summed E-state index contributed by atoms with van der Waals surface area (Å²) < 4.78 is 23.0. The molecule has 0 amide bonds. The minimum atomic E-state index is -1.02. The van der Waals surface area contributed by atoms with Crippen LogP contribution in [0.3, 0.4) is 0 Å². The lowest BCUT2D eigenvalue weighted by molar-refractivity contribution is 0.414. The van der Waals surface area contributed by atoms with E-state index in [1.807, 2.05) is 36.7 Å². The molecule has 5 rings (SSSR count). The molecule has 1 aliphatic rings. The normalized spacial score (nSPS) is 17.8. The number of aryl methyl sites for hydroxylation is 3. The zero-order chi connectivity index (χ0) is 30.7. The first-order valence-electron chi connectivity index (χ1n) is 14.9. The molecule has 4 aromatic rings. The number of aromatic hydroxyl groups is 1. The number of rotatable bonds is 11. The molecule has 1 fully saturated rings. The van der Waals surface area contributed by atoms with Gasteiger partial charge in [0.1, 0.15) is 17.3 Å². The van der Waals surface area contributed by atoms with Crippen molar-refractivity contribution in [3.63, 3.8) is 0 Å². The number of phenolic OH excluding ortho intramolecular Hbond substituents is 1. The van der Waals surface area contributed by atoms with Crippen LogP contribution in [-0.4, -0.2) is 49.7 Å². The highest BCUT2D eigenvalue weighted by atomic mass is 32.2. The maximum Gasteiger partial charge on any atom is 0.135 e. The summed E-state index contributed by atoms with van der Waals surface area (Å²) in [4.78, 5) is 4.80. The maximum absolute atomic E-state index is 12.4. The van der Waals surface area contributed by atoms with Crippen molar-refractivity contribution in [1.29, 1.82) is 0 Å². The van der Waals surface area contributed by atoms with Crippen molar-refractivity contribution in [3.05, 3.63) is 71.0 Å². The Bertz CT molecular complexity index is 1660. The molecule has 3 atom stereocenters. The van der Waals surface area contributed by atoms with Gasteiger partial charge in [0, 0.05) is 29.6 Å². The Morgan fingerprint density at radius 2 is 1.91 bits per heavy atom. The van der Waals surface area contributed by atoms with Gasteiger partial charge in [-0.2, -0.15) is 5.10 Å². The van der Waals surface area contributed by atoms with Crippen LogP contribution < -0.4 is 20.5 Å². The number of aromatic nitrogens is 2. The minimum Gasteiger partial charge on any atom is -0.508 e. The van der Waals surface area contributed by atoms with Gasteiger partial charge in [-0.15, -0.1) is 0 Å². The van der Waals surface area contributed by atoms with Gasteiger partial charge < -0.3 is 20.9 Å². The molecule has 0 saturated heterocycles. The molecule has 0 aliphatic heterocycles. The minimum absolute atomic E-state index is 0.163. The van der Waals surface area contributed by atoms with E-state index in [-0.39, 0.29) is 17.8 Å². The fraction of sp³-hybridized carbons (Fsp3) is 0.394. The van der Waals surface area contributed by atoms with E-state index >= 15 is 0 Å². The average molecular weight is 603 g/mol. The van der Waals surface area contributed by atoms with Gasteiger partial charge in [-0.1, -0.05) is 13.8 Å². The Hall–Kier alpha value is -3.89. The number of methoxy groups -OCH3 is 1. The molecule has 10 heteroatoms. The maximum atomic E-state index is 12.4. The zero-order valence-corrected chi connectivity index (χ0v) is 26.4. The second-order valence-electron chi connectivity index (χ2n) is 11.3. The number of aliphatic imine (C=N–C) groups is 1. The summed E-state index contributed by atoms with van der Waals surface area (Å²) in [6.45, 7) is 8.25. The molecule has 9 nitrogen and oxygen atoms in total. The van der Waals surface area contributed by atoms with E-state index in [0.29, 0.717) is 29.3 Å². The van der Waals surface area contributed by atoms with E-state index in [4.69, 9.17) is 20.6 Å². The summed E-state index contributed by atoms with van der Waals surface area (Å²) >= 11 is 0. The Labute approximate surface area is 256 Å². The van der Waals surface area contributed by atoms with Crippen LogP contribution >= 0.6 is 0 Å². The highest BCUT2D eigenvalue weighted by molar-refractivity contribution is 7.83. The van der Waals surface area contributed by atoms with Crippen LogP contribution in [0.15, 0.2) is 53.8 Å². The van der Waals surface area contributed by atoms with E-state index in [9.17, 15) is 9.32 Å². The molecule has 0 spiro atoms. The number of hydrogen-bond donors (Lipinski definition) is 4. The van der Waals surface area contributed by atoms with Gasteiger partial charge in [-0.25, -0.2) is 18.4 Å². The van der Waals surface area contributed by atoms with Gasteiger partial charge in [0.2, 0.25) is 0 Å². The first-order chi connectivity index (χ1) is 20.7. The lowest BCUT2D eigenvalue weighted by Crippen LogP contribution is -2.31.